The fourth-order valence-corrected chi connectivity index (χ4v) is 3.33. The second-order valence-corrected chi connectivity index (χ2v) is 6.40. The summed E-state index contributed by atoms with van der Waals surface area (Å²) >= 11 is 0. The summed E-state index contributed by atoms with van der Waals surface area (Å²) in [5.41, 5.74) is 0. The normalized spacial score (nSPS) is 18.6. The largest absolute Gasteiger partial charge is 0.357 e. The van der Waals surface area contributed by atoms with Gasteiger partial charge >= 0.3 is 0 Å². The zero-order valence-corrected chi connectivity index (χ0v) is 18.1. The summed E-state index contributed by atoms with van der Waals surface area (Å²) < 4.78 is 1.96. The van der Waals surface area contributed by atoms with E-state index in [-0.39, 0.29) is 24.0 Å². The van der Waals surface area contributed by atoms with Crippen molar-refractivity contribution in [3.05, 3.63) is 18.5 Å². The minimum Gasteiger partial charge on any atom is -0.357 e. The molecule has 0 aliphatic carbocycles. The van der Waals surface area contributed by atoms with Crippen LogP contribution in [0.5, 0.6) is 0 Å². The second-order valence-electron chi connectivity index (χ2n) is 6.40. The predicted molar refractivity (Wildman–Crippen MR) is 116 cm³/mol. The number of hydrogen-bond donors (Lipinski definition) is 2. The molecule has 0 amide bonds. The van der Waals surface area contributed by atoms with Crippen LogP contribution >= 0.6 is 24.0 Å². The highest BCUT2D eigenvalue weighted by Gasteiger charge is 2.19. The molecule has 7 heteroatoms. The summed E-state index contributed by atoms with van der Waals surface area (Å²) in [6.45, 7) is 10.4. The van der Waals surface area contributed by atoms with Crippen molar-refractivity contribution < 1.29 is 0 Å². The molecule has 1 aromatic rings. The molecule has 0 saturated carbocycles. The van der Waals surface area contributed by atoms with Crippen molar-refractivity contribution >= 4 is 29.9 Å². The number of aliphatic imine (C=N–C) groups is 1. The lowest BCUT2D eigenvalue weighted by Gasteiger charge is -2.35. The molecule has 1 aromatic heterocycles. The van der Waals surface area contributed by atoms with Crippen molar-refractivity contribution in [2.75, 3.05) is 32.7 Å². The SMILES string of the molecule is CCNC(=NCCCn1cccn1)NCCN1CCCCC1CC.I. The lowest BCUT2D eigenvalue weighted by atomic mass is 10.0. The number of aryl methyl sites for hydroxylation is 1. The number of nitrogens with one attached hydrogen (secondary N) is 2. The Morgan fingerprint density at radius 2 is 2.12 bits per heavy atom. The molecule has 1 saturated heterocycles. The highest BCUT2D eigenvalue weighted by Crippen LogP contribution is 2.18. The Hall–Kier alpha value is -0.830. The summed E-state index contributed by atoms with van der Waals surface area (Å²) in [4.78, 5) is 7.31. The molecule has 1 aliphatic heterocycles. The fraction of sp³-hybridized carbons (Fsp3) is 0.778. The maximum atomic E-state index is 4.67. The van der Waals surface area contributed by atoms with Gasteiger partial charge in [0, 0.05) is 51.2 Å². The fourth-order valence-electron chi connectivity index (χ4n) is 3.33. The topological polar surface area (TPSA) is 57.5 Å². The van der Waals surface area contributed by atoms with E-state index in [1.165, 1.54) is 32.2 Å². The maximum absolute atomic E-state index is 4.67. The summed E-state index contributed by atoms with van der Waals surface area (Å²) in [6, 6.07) is 2.73. The average Bonchev–Trinajstić information content (AvgIpc) is 3.12. The minimum absolute atomic E-state index is 0. The van der Waals surface area contributed by atoms with E-state index in [9.17, 15) is 0 Å². The first-order chi connectivity index (χ1) is 11.8. The number of likely N-dealkylation sites (tertiary alicyclic amines) is 1. The Morgan fingerprint density at radius 3 is 2.84 bits per heavy atom. The van der Waals surface area contributed by atoms with Crippen molar-refractivity contribution in [2.24, 2.45) is 4.99 Å². The number of hydrogen-bond acceptors (Lipinski definition) is 3. The minimum atomic E-state index is 0. The van der Waals surface area contributed by atoms with E-state index in [0.717, 1.165) is 51.1 Å². The van der Waals surface area contributed by atoms with Crippen molar-refractivity contribution in [1.29, 1.82) is 0 Å². The van der Waals surface area contributed by atoms with Gasteiger partial charge in [-0.3, -0.25) is 14.6 Å². The first-order valence-electron chi connectivity index (χ1n) is 9.57. The van der Waals surface area contributed by atoms with E-state index in [1.54, 1.807) is 0 Å². The van der Waals surface area contributed by atoms with Gasteiger partial charge in [-0.25, -0.2) is 0 Å². The van der Waals surface area contributed by atoms with Gasteiger partial charge in [-0.15, -0.1) is 24.0 Å². The molecule has 1 fully saturated rings. The summed E-state index contributed by atoms with van der Waals surface area (Å²) in [6.07, 6.45) is 10.2. The van der Waals surface area contributed by atoms with Gasteiger partial charge in [0.25, 0.3) is 0 Å². The third-order valence-corrected chi connectivity index (χ3v) is 4.63. The predicted octanol–water partition coefficient (Wildman–Crippen LogP) is 2.71. The lowest BCUT2D eigenvalue weighted by Crippen LogP contribution is -2.46. The third kappa shape index (κ3) is 8.40. The Balaban J connectivity index is 0.00000312. The second kappa shape index (κ2) is 13.4. The van der Waals surface area contributed by atoms with Crippen LogP contribution in [0.3, 0.4) is 0 Å². The highest BCUT2D eigenvalue weighted by molar-refractivity contribution is 14.0. The molecule has 0 radical (unpaired) electrons. The number of nitrogens with zero attached hydrogens (tertiary/aromatic N) is 4. The van der Waals surface area contributed by atoms with Crippen molar-refractivity contribution in [3.63, 3.8) is 0 Å². The number of halogens is 1. The van der Waals surface area contributed by atoms with Gasteiger partial charge in [-0.1, -0.05) is 13.3 Å². The number of rotatable bonds is 9. The lowest BCUT2D eigenvalue weighted by molar-refractivity contribution is 0.147. The molecule has 1 atom stereocenters. The van der Waals surface area contributed by atoms with E-state index in [1.807, 2.05) is 23.1 Å². The quantitative estimate of drug-likeness (QED) is 0.257. The summed E-state index contributed by atoms with van der Waals surface area (Å²) in [5, 5.41) is 11.0. The molecule has 0 aromatic carbocycles. The van der Waals surface area contributed by atoms with E-state index < -0.39 is 0 Å². The third-order valence-electron chi connectivity index (χ3n) is 4.63. The molecule has 1 aliphatic rings. The van der Waals surface area contributed by atoms with Crippen molar-refractivity contribution in [1.82, 2.24) is 25.3 Å². The van der Waals surface area contributed by atoms with Crippen LogP contribution in [0, 0.1) is 0 Å². The molecule has 2 rings (SSSR count). The van der Waals surface area contributed by atoms with Crippen LogP contribution in [-0.4, -0.2) is 59.4 Å². The van der Waals surface area contributed by atoms with Crippen LogP contribution in [0.2, 0.25) is 0 Å². The van der Waals surface area contributed by atoms with Crippen molar-refractivity contribution in [2.45, 2.75) is 58.5 Å². The molecular formula is C18H35IN6. The maximum Gasteiger partial charge on any atom is 0.191 e. The molecule has 2 heterocycles. The standard InChI is InChI=1S/C18H34N6.HI/c1-3-17-9-5-6-13-23(17)16-12-21-18(19-4-2)20-10-7-14-24-15-8-11-22-24;/h8,11,15,17H,3-7,9-10,12-14,16H2,1-2H3,(H2,19,20,21);1H. The molecule has 25 heavy (non-hydrogen) atoms. The van der Waals surface area contributed by atoms with Gasteiger partial charge in [0.15, 0.2) is 5.96 Å². The molecule has 144 valence electrons. The van der Waals surface area contributed by atoms with E-state index in [0.29, 0.717) is 0 Å². The van der Waals surface area contributed by atoms with Crippen LogP contribution in [0.25, 0.3) is 0 Å². The van der Waals surface area contributed by atoms with Crippen LogP contribution in [0.15, 0.2) is 23.5 Å². The number of piperidine rings is 1. The first-order valence-corrected chi connectivity index (χ1v) is 9.57. The van der Waals surface area contributed by atoms with E-state index >= 15 is 0 Å². The zero-order valence-electron chi connectivity index (χ0n) is 15.8. The number of aromatic nitrogens is 2. The molecule has 0 spiro atoms. The van der Waals surface area contributed by atoms with E-state index in [2.05, 4.69) is 39.5 Å². The zero-order chi connectivity index (χ0) is 17.0. The smallest absolute Gasteiger partial charge is 0.191 e. The Kier molecular flexibility index (Phi) is 11.9. The Morgan fingerprint density at radius 1 is 1.24 bits per heavy atom. The monoisotopic (exact) mass is 462 g/mol. The highest BCUT2D eigenvalue weighted by atomic mass is 127. The molecule has 1 unspecified atom stereocenters. The Bertz CT molecular complexity index is 462. The van der Waals surface area contributed by atoms with Crippen molar-refractivity contribution in [3.8, 4) is 0 Å². The van der Waals surface area contributed by atoms with Crippen LogP contribution in [0.1, 0.15) is 46.0 Å². The van der Waals surface area contributed by atoms with E-state index in [4.69, 9.17) is 0 Å². The van der Waals surface area contributed by atoms with Crippen LogP contribution in [0.4, 0.5) is 0 Å². The number of guanidine groups is 1. The van der Waals surface area contributed by atoms with Gasteiger partial charge < -0.3 is 10.6 Å². The van der Waals surface area contributed by atoms with Crippen LogP contribution < -0.4 is 10.6 Å². The van der Waals surface area contributed by atoms with Crippen LogP contribution in [-0.2, 0) is 6.54 Å². The van der Waals surface area contributed by atoms with Gasteiger partial charge in [0.1, 0.15) is 0 Å². The Labute approximate surface area is 169 Å². The van der Waals surface area contributed by atoms with Gasteiger partial charge in [-0.2, -0.15) is 5.10 Å². The molecule has 6 nitrogen and oxygen atoms in total. The first kappa shape index (κ1) is 22.2. The molecule has 2 N–H and O–H groups in total. The average molecular weight is 462 g/mol. The van der Waals surface area contributed by atoms with Gasteiger partial charge in [0.2, 0.25) is 0 Å². The van der Waals surface area contributed by atoms with Gasteiger partial charge in [0.05, 0.1) is 0 Å². The van der Waals surface area contributed by atoms with Gasteiger partial charge in [-0.05, 0) is 45.2 Å². The summed E-state index contributed by atoms with van der Waals surface area (Å²) in [7, 11) is 0. The molecular weight excluding hydrogens is 427 g/mol. The summed E-state index contributed by atoms with van der Waals surface area (Å²) in [5.74, 6) is 0.933. The molecule has 0 bridgehead atoms.